The average Bonchev–Trinajstić information content (AvgIpc) is 2.73. The molecule has 3 heterocycles. The molecule has 0 atom stereocenters. The number of hydrogen-bond donors (Lipinski definition) is 1. The molecule has 140 valence electrons. The van der Waals surface area contributed by atoms with Gasteiger partial charge in [0.15, 0.2) is 16.7 Å². The van der Waals surface area contributed by atoms with Gasteiger partial charge < -0.3 is 14.5 Å². The summed E-state index contributed by atoms with van der Waals surface area (Å²) in [5.41, 5.74) is 5.26. The van der Waals surface area contributed by atoms with Crippen LogP contribution in [0.25, 0.3) is 0 Å². The number of nitrogens with one attached hydrogen (secondary N) is 1. The van der Waals surface area contributed by atoms with E-state index in [1.807, 2.05) is 18.2 Å². The monoisotopic (exact) mass is 385 g/mol. The summed E-state index contributed by atoms with van der Waals surface area (Å²) in [6.45, 7) is 3.80. The first-order chi connectivity index (χ1) is 13.2. The summed E-state index contributed by atoms with van der Waals surface area (Å²) in [4.78, 5) is 8.63. The lowest BCUT2D eigenvalue weighted by molar-refractivity contribution is 0.300. The molecule has 0 unspecified atom stereocenters. The Balaban J connectivity index is 1.37. The second kappa shape index (κ2) is 7.87. The standard InChI is InChI=1S/C19H20FN5OS/c20-15-6-8-21-17-16(7-13-26-18(15)17)22-23-19(27)25-11-9-24(10-12-25)14-4-2-1-3-5-14/h1-6,8H,7,9-13H2,(H,23,27)/b22-16-. The maximum atomic E-state index is 13.8. The van der Waals surface area contributed by atoms with Crippen LogP contribution in [0.2, 0.25) is 0 Å². The summed E-state index contributed by atoms with van der Waals surface area (Å²) in [7, 11) is 0. The Hall–Kier alpha value is -2.74. The molecule has 0 amide bonds. The Morgan fingerprint density at radius 1 is 1.15 bits per heavy atom. The van der Waals surface area contributed by atoms with Gasteiger partial charge in [-0.2, -0.15) is 5.10 Å². The second-order valence-corrected chi connectivity index (χ2v) is 6.74. The minimum absolute atomic E-state index is 0.159. The molecule has 1 aromatic carbocycles. The number of benzene rings is 1. The molecule has 27 heavy (non-hydrogen) atoms. The van der Waals surface area contributed by atoms with Gasteiger partial charge in [-0.15, -0.1) is 0 Å². The van der Waals surface area contributed by atoms with E-state index in [9.17, 15) is 4.39 Å². The normalized spacial score (nSPS) is 18.0. The molecule has 1 aromatic heterocycles. The first kappa shape index (κ1) is 17.7. The van der Waals surface area contributed by atoms with Crippen molar-refractivity contribution in [1.82, 2.24) is 15.3 Å². The largest absolute Gasteiger partial charge is 0.488 e. The number of halogens is 1. The third kappa shape index (κ3) is 3.85. The van der Waals surface area contributed by atoms with E-state index in [2.05, 4.69) is 37.4 Å². The Morgan fingerprint density at radius 3 is 2.70 bits per heavy atom. The lowest BCUT2D eigenvalue weighted by atomic mass is 10.1. The van der Waals surface area contributed by atoms with Crippen LogP contribution < -0.4 is 15.1 Å². The number of ether oxygens (including phenoxy) is 1. The predicted octanol–water partition coefficient (Wildman–Crippen LogP) is 2.40. The van der Waals surface area contributed by atoms with Gasteiger partial charge in [0.2, 0.25) is 0 Å². The van der Waals surface area contributed by atoms with Crippen LogP contribution in [0.4, 0.5) is 10.1 Å². The molecule has 4 rings (SSSR count). The number of para-hydroxylation sites is 1. The summed E-state index contributed by atoms with van der Waals surface area (Å²) in [6.07, 6.45) is 1.97. The Morgan fingerprint density at radius 2 is 1.93 bits per heavy atom. The van der Waals surface area contributed by atoms with Gasteiger partial charge >= 0.3 is 0 Å². The fourth-order valence-electron chi connectivity index (χ4n) is 3.24. The van der Waals surface area contributed by atoms with Crippen molar-refractivity contribution in [2.75, 3.05) is 37.7 Å². The number of pyridine rings is 1. The highest BCUT2D eigenvalue weighted by Crippen LogP contribution is 2.25. The maximum Gasteiger partial charge on any atom is 0.189 e. The lowest BCUT2D eigenvalue weighted by Crippen LogP contribution is -2.51. The number of anilines is 1. The van der Waals surface area contributed by atoms with Crippen molar-refractivity contribution in [1.29, 1.82) is 0 Å². The Bertz CT molecular complexity index is 852. The molecule has 2 aromatic rings. The van der Waals surface area contributed by atoms with Gasteiger partial charge in [0, 0.05) is 44.5 Å². The second-order valence-electron chi connectivity index (χ2n) is 6.35. The number of hydrogen-bond acceptors (Lipinski definition) is 5. The van der Waals surface area contributed by atoms with Crippen LogP contribution in [0.15, 0.2) is 47.7 Å². The molecule has 1 saturated heterocycles. The molecule has 0 aliphatic carbocycles. The average molecular weight is 385 g/mol. The van der Waals surface area contributed by atoms with Crippen molar-refractivity contribution in [2.24, 2.45) is 5.10 Å². The Labute approximate surface area is 162 Å². The first-order valence-corrected chi connectivity index (χ1v) is 9.32. The van der Waals surface area contributed by atoms with Crippen LogP contribution >= 0.6 is 12.2 Å². The zero-order valence-electron chi connectivity index (χ0n) is 14.8. The van der Waals surface area contributed by atoms with Crippen molar-refractivity contribution in [3.63, 3.8) is 0 Å². The van der Waals surface area contributed by atoms with E-state index in [4.69, 9.17) is 17.0 Å². The highest BCUT2D eigenvalue weighted by Gasteiger charge is 2.23. The molecule has 0 spiro atoms. The summed E-state index contributed by atoms with van der Waals surface area (Å²) in [6, 6.07) is 11.6. The van der Waals surface area contributed by atoms with Crippen molar-refractivity contribution in [3.8, 4) is 5.75 Å². The van der Waals surface area contributed by atoms with Gasteiger partial charge in [-0.3, -0.25) is 10.4 Å². The first-order valence-electron chi connectivity index (χ1n) is 8.91. The maximum absolute atomic E-state index is 13.8. The zero-order valence-corrected chi connectivity index (χ0v) is 15.6. The molecule has 1 N–H and O–H groups in total. The van der Waals surface area contributed by atoms with E-state index in [1.165, 1.54) is 18.0 Å². The third-order valence-electron chi connectivity index (χ3n) is 4.69. The minimum Gasteiger partial charge on any atom is -0.488 e. The minimum atomic E-state index is -0.424. The highest BCUT2D eigenvalue weighted by molar-refractivity contribution is 7.80. The van der Waals surface area contributed by atoms with Crippen LogP contribution in [-0.2, 0) is 0 Å². The quantitative estimate of drug-likeness (QED) is 0.633. The van der Waals surface area contributed by atoms with E-state index in [0.29, 0.717) is 29.5 Å². The fraction of sp³-hybridized carbons (Fsp3) is 0.316. The summed E-state index contributed by atoms with van der Waals surface area (Å²) < 4.78 is 19.2. The molecule has 8 heteroatoms. The van der Waals surface area contributed by atoms with Gasteiger partial charge in [-0.25, -0.2) is 4.39 Å². The molecule has 6 nitrogen and oxygen atoms in total. The predicted molar refractivity (Wildman–Crippen MR) is 107 cm³/mol. The van der Waals surface area contributed by atoms with Crippen molar-refractivity contribution >= 4 is 28.7 Å². The number of fused-ring (bicyclic) bond motifs is 1. The molecule has 0 saturated carbocycles. The van der Waals surface area contributed by atoms with Crippen LogP contribution in [0.5, 0.6) is 5.75 Å². The van der Waals surface area contributed by atoms with E-state index < -0.39 is 5.82 Å². The number of thiocarbonyl (C=S) groups is 1. The van der Waals surface area contributed by atoms with E-state index in [1.54, 1.807) is 0 Å². The van der Waals surface area contributed by atoms with Crippen LogP contribution in [0.1, 0.15) is 12.1 Å². The molecule has 2 aliphatic heterocycles. The third-order valence-corrected chi connectivity index (χ3v) is 5.04. The van der Waals surface area contributed by atoms with Crippen LogP contribution in [0.3, 0.4) is 0 Å². The smallest absolute Gasteiger partial charge is 0.189 e. The van der Waals surface area contributed by atoms with Crippen molar-refractivity contribution < 1.29 is 9.13 Å². The Kier molecular flexibility index (Phi) is 5.15. The van der Waals surface area contributed by atoms with E-state index in [0.717, 1.165) is 26.2 Å². The van der Waals surface area contributed by atoms with Gasteiger partial charge in [-0.05, 0) is 30.4 Å². The van der Waals surface area contributed by atoms with Gasteiger partial charge in [0.05, 0.1) is 12.3 Å². The summed E-state index contributed by atoms with van der Waals surface area (Å²) in [5, 5.41) is 4.95. The molecular formula is C19H20FN5OS. The van der Waals surface area contributed by atoms with E-state index >= 15 is 0 Å². The van der Waals surface area contributed by atoms with Gasteiger partial charge in [-0.1, -0.05) is 18.2 Å². The fourth-order valence-corrected chi connectivity index (χ4v) is 3.47. The van der Waals surface area contributed by atoms with Gasteiger partial charge in [0.25, 0.3) is 0 Å². The van der Waals surface area contributed by atoms with Gasteiger partial charge in [0.1, 0.15) is 5.69 Å². The molecule has 1 fully saturated rings. The van der Waals surface area contributed by atoms with Crippen LogP contribution in [0, 0.1) is 5.82 Å². The van der Waals surface area contributed by atoms with Crippen molar-refractivity contribution in [2.45, 2.75) is 6.42 Å². The summed E-state index contributed by atoms with van der Waals surface area (Å²) >= 11 is 5.49. The topological polar surface area (TPSA) is 53.0 Å². The number of nitrogens with zero attached hydrogens (tertiary/aromatic N) is 4. The molecule has 0 bridgehead atoms. The van der Waals surface area contributed by atoms with Crippen LogP contribution in [-0.4, -0.2) is 53.5 Å². The number of hydrazone groups is 1. The lowest BCUT2D eigenvalue weighted by Gasteiger charge is -2.37. The molecular weight excluding hydrogens is 365 g/mol. The van der Waals surface area contributed by atoms with E-state index in [-0.39, 0.29) is 5.75 Å². The van der Waals surface area contributed by atoms with Crippen molar-refractivity contribution in [3.05, 3.63) is 54.1 Å². The number of piperazine rings is 1. The molecule has 2 aliphatic rings. The SMILES string of the molecule is Fc1ccnc2c1OCC/C2=N/NC(=S)N1CCN(c2ccccc2)CC1. The number of rotatable bonds is 2. The zero-order chi connectivity index (χ0) is 18.6. The number of aromatic nitrogens is 1. The highest BCUT2D eigenvalue weighted by atomic mass is 32.1. The molecule has 0 radical (unpaired) electrons. The summed E-state index contributed by atoms with van der Waals surface area (Å²) in [5.74, 6) is -0.265.